The maximum atomic E-state index is 12.3. The number of anilines is 1. The van der Waals surface area contributed by atoms with E-state index in [1.807, 2.05) is 23.9 Å². The SMILES string of the molecule is Cn1ccnc1[C@@H]1CN(c2ccncc2Cl)C[C@H]1NC(=O)C1CC1. The van der Waals surface area contributed by atoms with Crippen molar-refractivity contribution < 1.29 is 4.79 Å². The molecule has 0 bridgehead atoms. The molecule has 4 rings (SSSR count). The lowest BCUT2D eigenvalue weighted by molar-refractivity contribution is -0.122. The van der Waals surface area contributed by atoms with Gasteiger partial charge >= 0.3 is 0 Å². The van der Waals surface area contributed by atoms with Gasteiger partial charge in [-0.15, -0.1) is 0 Å². The lowest BCUT2D eigenvalue weighted by Crippen LogP contribution is -2.41. The molecule has 2 aromatic rings. The fraction of sp³-hybridized carbons (Fsp3) is 0.471. The van der Waals surface area contributed by atoms with Crippen molar-refractivity contribution in [3.05, 3.63) is 41.7 Å². The Morgan fingerprint density at radius 1 is 1.33 bits per heavy atom. The van der Waals surface area contributed by atoms with Crippen molar-refractivity contribution in [3.8, 4) is 0 Å². The van der Waals surface area contributed by atoms with Crippen LogP contribution in [0.25, 0.3) is 0 Å². The molecule has 6 nitrogen and oxygen atoms in total. The molecule has 0 aromatic carbocycles. The summed E-state index contributed by atoms with van der Waals surface area (Å²) < 4.78 is 2.03. The Balaban J connectivity index is 1.60. The number of pyridine rings is 1. The van der Waals surface area contributed by atoms with Gasteiger partial charge < -0.3 is 14.8 Å². The van der Waals surface area contributed by atoms with Gasteiger partial charge in [-0.25, -0.2) is 4.98 Å². The van der Waals surface area contributed by atoms with Gasteiger partial charge in [-0.05, 0) is 18.9 Å². The maximum absolute atomic E-state index is 12.3. The zero-order chi connectivity index (χ0) is 16.7. The number of aromatic nitrogens is 3. The molecule has 1 aliphatic carbocycles. The fourth-order valence-electron chi connectivity index (χ4n) is 3.41. The van der Waals surface area contributed by atoms with E-state index in [1.165, 1.54) is 0 Å². The van der Waals surface area contributed by atoms with Crippen LogP contribution in [0.1, 0.15) is 24.6 Å². The molecule has 2 atom stereocenters. The van der Waals surface area contributed by atoms with Crippen LogP contribution >= 0.6 is 11.6 Å². The molecular weight excluding hydrogens is 326 g/mol. The molecule has 1 aliphatic heterocycles. The average molecular weight is 346 g/mol. The van der Waals surface area contributed by atoms with E-state index in [-0.39, 0.29) is 23.8 Å². The summed E-state index contributed by atoms with van der Waals surface area (Å²) in [6, 6.07) is 1.95. The predicted octanol–water partition coefficient (Wildman–Crippen LogP) is 1.97. The third-order valence-electron chi connectivity index (χ3n) is 4.88. The number of hydrogen-bond acceptors (Lipinski definition) is 4. The Labute approximate surface area is 145 Å². The molecule has 0 radical (unpaired) electrons. The minimum Gasteiger partial charge on any atom is -0.367 e. The van der Waals surface area contributed by atoms with Gasteiger partial charge in [-0.2, -0.15) is 0 Å². The summed E-state index contributed by atoms with van der Waals surface area (Å²) in [6.45, 7) is 1.49. The Hall–Kier alpha value is -2.08. The third kappa shape index (κ3) is 2.86. The van der Waals surface area contributed by atoms with Gasteiger partial charge in [0.25, 0.3) is 0 Å². The Kier molecular flexibility index (Phi) is 3.92. The molecule has 7 heteroatoms. The molecule has 3 heterocycles. The van der Waals surface area contributed by atoms with E-state index in [0.29, 0.717) is 5.02 Å². The van der Waals surface area contributed by atoms with Gasteiger partial charge in [0, 0.05) is 50.8 Å². The summed E-state index contributed by atoms with van der Waals surface area (Å²) in [4.78, 5) is 23.0. The summed E-state index contributed by atoms with van der Waals surface area (Å²) in [5.41, 5.74) is 0.953. The maximum Gasteiger partial charge on any atom is 0.223 e. The molecule has 2 aliphatic rings. The van der Waals surface area contributed by atoms with Crippen LogP contribution in [0.4, 0.5) is 5.69 Å². The first-order valence-electron chi connectivity index (χ1n) is 8.25. The lowest BCUT2D eigenvalue weighted by Gasteiger charge is -2.19. The molecule has 1 N–H and O–H groups in total. The molecule has 24 heavy (non-hydrogen) atoms. The number of hydrogen-bond donors (Lipinski definition) is 1. The minimum absolute atomic E-state index is 0.0310. The molecule has 2 fully saturated rings. The molecule has 1 saturated carbocycles. The van der Waals surface area contributed by atoms with Gasteiger partial charge in [-0.3, -0.25) is 9.78 Å². The average Bonchev–Trinajstić information content (AvgIpc) is 3.22. The van der Waals surface area contributed by atoms with Crippen molar-refractivity contribution in [2.75, 3.05) is 18.0 Å². The molecule has 1 amide bonds. The first-order valence-corrected chi connectivity index (χ1v) is 8.63. The molecule has 0 unspecified atom stereocenters. The number of rotatable bonds is 4. The first-order chi connectivity index (χ1) is 11.6. The number of imidazole rings is 1. The summed E-state index contributed by atoms with van der Waals surface area (Å²) in [5.74, 6) is 1.49. The van der Waals surface area contributed by atoms with Gasteiger partial charge in [0.15, 0.2) is 0 Å². The van der Waals surface area contributed by atoms with Crippen molar-refractivity contribution in [3.63, 3.8) is 0 Å². The van der Waals surface area contributed by atoms with E-state index in [1.54, 1.807) is 18.6 Å². The predicted molar refractivity (Wildman–Crippen MR) is 92.1 cm³/mol. The van der Waals surface area contributed by atoms with Crippen molar-refractivity contribution in [1.29, 1.82) is 0 Å². The number of amides is 1. The Bertz CT molecular complexity index is 757. The third-order valence-corrected chi connectivity index (χ3v) is 5.17. The topological polar surface area (TPSA) is 63.1 Å². The van der Waals surface area contributed by atoms with E-state index in [0.717, 1.165) is 37.4 Å². The van der Waals surface area contributed by atoms with Gasteiger partial charge in [0.1, 0.15) is 5.82 Å². The van der Waals surface area contributed by atoms with E-state index < -0.39 is 0 Å². The zero-order valence-corrected chi connectivity index (χ0v) is 14.3. The van der Waals surface area contributed by atoms with Crippen molar-refractivity contribution >= 4 is 23.2 Å². The highest BCUT2D eigenvalue weighted by Crippen LogP contribution is 2.35. The number of nitrogens with zero attached hydrogens (tertiary/aromatic N) is 4. The van der Waals surface area contributed by atoms with Crippen molar-refractivity contribution in [2.45, 2.75) is 24.8 Å². The van der Waals surface area contributed by atoms with Crippen LogP contribution in [0.3, 0.4) is 0 Å². The van der Waals surface area contributed by atoms with E-state index in [2.05, 4.69) is 20.2 Å². The lowest BCUT2D eigenvalue weighted by atomic mass is 10.0. The molecule has 0 spiro atoms. The second kappa shape index (κ2) is 6.09. The zero-order valence-electron chi connectivity index (χ0n) is 13.5. The smallest absolute Gasteiger partial charge is 0.223 e. The first kappa shape index (κ1) is 15.4. The van der Waals surface area contributed by atoms with Crippen LogP contribution in [0.15, 0.2) is 30.9 Å². The summed E-state index contributed by atoms with van der Waals surface area (Å²) in [6.07, 6.45) is 9.15. The van der Waals surface area contributed by atoms with Gasteiger partial charge in [0.05, 0.1) is 22.7 Å². The highest BCUT2D eigenvalue weighted by molar-refractivity contribution is 6.33. The standard InChI is InChI=1S/C17H20ClN5O/c1-22-7-6-20-16(22)12-9-23(15-4-5-19-8-13(15)18)10-14(12)21-17(24)11-2-3-11/h4-8,11-12,14H,2-3,9-10H2,1H3,(H,21,24)/t12-,14-/m1/s1. The van der Waals surface area contributed by atoms with Gasteiger partial charge in [0.2, 0.25) is 5.91 Å². The van der Waals surface area contributed by atoms with Crippen molar-refractivity contribution in [2.24, 2.45) is 13.0 Å². The quantitative estimate of drug-likeness (QED) is 0.920. The second-order valence-electron chi connectivity index (χ2n) is 6.62. The number of aryl methyl sites for hydroxylation is 1. The van der Waals surface area contributed by atoms with Crippen LogP contribution in [-0.4, -0.2) is 39.6 Å². The summed E-state index contributed by atoms with van der Waals surface area (Å²) in [7, 11) is 1.99. The van der Waals surface area contributed by atoms with Crippen LogP contribution in [0.2, 0.25) is 5.02 Å². The van der Waals surface area contributed by atoms with Gasteiger partial charge in [-0.1, -0.05) is 11.6 Å². The Morgan fingerprint density at radius 3 is 2.83 bits per heavy atom. The Morgan fingerprint density at radius 2 is 2.17 bits per heavy atom. The van der Waals surface area contributed by atoms with Crippen LogP contribution in [0, 0.1) is 5.92 Å². The number of nitrogens with one attached hydrogen (secondary N) is 1. The second-order valence-corrected chi connectivity index (χ2v) is 7.03. The fourth-order valence-corrected chi connectivity index (χ4v) is 3.65. The molecule has 126 valence electrons. The molecule has 2 aromatic heterocycles. The number of halogens is 1. The highest BCUT2D eigenvalue weighted by atomic mass is 35.5. The molecular formula is C17H20ClN5O. The van der Waals surface area contributed by atoms with Crippen molar-refractivity contribution in [1.82, 2.24) is 19.9 Å². The summed E-state index contributed by atoms with van der Waals surface area (Å²) >= 11 is 6.31. The van der Waals surface area contributed by atoms with Crippen LogP contribution in [-0.2, 0) is 11.8 Å². The summed E-state index contributed by atoms with van der Waals surface area (Å²) in [5, 5.41) is 3.86. The monoisotopic (exact) mass is 345 g/mol. The van der Waals surface area contributed by atoms with Crippen LogP contribution in [0.5, 0.6) is 0 Å². The number of carbonyl (C=O) groups excluding carboxylic acids is 1. The van der Waals surface area contributed by atoms with E-state index >= 15 is 0 Å². The van der Waals surface area contributed by atoms with Crippen LogP contribution < -0.4 is 10.2 Å². The number of carbonyl (C=O) groups is 1. The largest absolute Gasteiger partial charge is 0.367 e. The molecule has 1 saturated heterocycles. The minimum atomic E-state index is 0.0310. The highest BCUT2D eigenvalue weighted by Gasteiger charge is 2.40. The van der Waals surface area contributed by atoms with E-state index in [4.69, 9.17) is 11.6 Å². The van der Waals surface area contributed by atoms with E-state index in [9.17, 15) is 4.79 Å². The normalized spacial score (nSPS) is 23.5.